The number of rotatable bonds is 15. The number of esters is 1. The standard InChI is InChI=1S/C20H36O2.Na.H/c1-3-5-6-7-8-9-10-11-12-13-14-15-16-17-18-19-20(21)22-4-2;;/h8-9,11-12H,3-7,10,13-19H2,1-2H3;;/b9-8-,12-11-;;. The van der Waals surface area contributed by atoms with Gasteiger partial charge in [-0.05, 0) is 45.4 Å². The van der Waals surface area contributed by atoms with E-state index in [2.05, 4.69) is 31.2 Å². The van der Waals surface area contributed by atoms with Gasteiger partial charge in [-0.15, -0.1) is 0 Å². The zero-order chi connectivity index (χ0) is 16.3. The summed E-state index contributed by atoms with van der Waals surface area (Å²) in [4.78, 5) is 11.1. The second-order valence-corrected chi connectivity index (χ2v) is 5.79. The Morgan fingerprint density at radius 3 is 1.96 bits per heavy atom. The third-order valence-electron chi connectivity index (χ3n) is 3.64. The molecule has 0 N–H and O–H groups in total. The summed E-state index contributed by atoms with van der Waals surface area (Å²) in [7, 11) is 0. The fourth-order valence-electron chi connectivity index (χ4n) is 2.31. The molecule has 0 aliphatic carbocycles. The van der Waals surface area contributed by atoms with Crippen molar-refractivity contribution in [3.05, 3.63) is 24.3 Å². The molecule has 0 radical (unpaired) electrons. The zero-order valence-electron chi connectivity index (χ0n) is 14.8. The van der Waals surface area contributed by atoms with Crippen LogP contribution < -0.4 is 0 Å². The van der Waals surface area contributed by atoms with Crippen LogP contribution >= 0.6 is 0 Å². The van der Waals surface area contributed by atoms with Crippen LogP contribution in [0.3, 0.4) is 0 Å². The van der Waals surface area contributed by atoms with Crippen molar-refractivity contribution in [1.29, 1.82) is 0 Å². The van der Waals surface area contributed by atoms with Crippen LogP contribution in [0.15, 0.2) is 24.3 Å². The minimum absolute atomic E-state index is 0. The predicted octanol–water partition coefficient (Wildman–Crippen LogP) is 5.71. The molecular weight excluding hydrogens is 295 g/mol. The summed E-state index contributed by atoms with van der Waals surface area (Å²) in [5.74, 6) is -0.0480. The maximum atomic E-state index is 11.1. The Hall–Kier alpha value is -0.0500. The third-order valence-corrected chi connectivity index (χ3v) is 3.64. The van der Waals surface area contributed by atoms with E-state index in [0.717, 1.165) is 19.3 Å². The Balaban J connectivity index is 0. The van der Waals surface area contributed by atoms with E-state index < -0.39 is 0 Å². The van der Waals surface area contributed by atoms with E-state index in [4.69, 9.17) is 4.74 Å². The van der Waals surface area contributed by atoms with Crippen molar-refractivity contribution in [2.75, 3.05) is 6.61 Å². The van der Waals surface area contributed by atoms with Crippen LogP contribution in [0.1, 0.15) is 90.9 Å². The molecule has 0 saturated heterocycles. The van der Waals surface area contributed by atoms with Gasteiger partial charge in [-0.2, -0.15) is 0 Å². The molecule has 0 spiro atoms. The van der Waals surface area contributed by atoms with Crippen LogP contribution in [0.25, 0.3) is 0 Å². The molecule has 0 amide bonds. The van der Waals surface area contributed by atoms with Gasteiger partial charge in [0.25, 0.3) is 0 Å². The van der Waals surface area contributed by atoms with Crippen molar-refractivity contribution >= 4 is 35.5 Å². The molecule has 0 aromatic carbocycles. The number of allylic oxidation sites excluding steroid dienone is 4. The van der Waals surface area contributed by atoms with Gasteiger partial charge >= 0.3 is 35.5 Å². The van der Waals surface area contributed by atoms with Gasteiger partial charge in [0.1, 0.15) is 0 Å². The van der Waals surface area contributed by atoms with Crippen molar-refractivity contribution in [2.45, 2.75) is 90.9 Å². The summed E-state index contributed by atoms with van der Waals surface area (Å²) in [6.45, 7) is 4.60. The van der Waals surface area contributed by atoms with E-state index in [9.17, 15) is 4.79 Å². The predicted molar refractivity (Wildman–Crippen MR) is 103 cm³/mol. The molecule has 0 bridgehead atoms. The summed E-state index contributed by atoms with van der Waals surface area (Å²) in [5.41, 5.74) is 0. The topological polar surface area (TPSA) is 26.3 Å². The first kappa shape index (κ1) is 25.2. The molecule has 0 unspecified atom stereocenters. The van der Waals surface area contributed by atoms with Crippen molar-refractivity contribution in [2.24, 2.45) is 0 Å². The number of carbonyl (C=O) groups is 1. The average molecular weight is 333 g/mol. The normalized spacial score (nSPS) is 11.0. The fourth-order valence-corrected chi connectivity index (χ4v) is 2.31. The van der Waals surface area contributed by atoms with Crippen molar-refractivity contribution in [3.63, 3.8) is 0 Å². The molecule has 0 fully saturated rings. The maximum absolute atomic E-state index is 11.1. The number of hydrogen-bond donors (Lipinski definition) is 0. The van der Waals surface area contributed by atoms with Gasteiger partial charge in [0.15, 0.2) is 0 Å². The first-order chi connectivity index (χ1) is 10.8. The Kier molecular flexibility index (Phi) is 24.0. The molecular formula is C20H37NaO2. The van der Waals surface area contributed by atoms with Gasteiger partial charge in [0.05, 0.1) is 6.61 Å². The van der Waals surface area contributed by atoms with E-state index >= 15 is 0 Å². The van der Waals surface area contributed by atoms with Gasteiger partial charge in [-0.1, -0.05) is 63.3 Å². The van der Waals surface area contributed by atoms with E-state index in [1.807, 2.05) is 6.92 Å². The van der Waals surface area contributed by atoms with E-state index in [1.54, 1.807) is 0 Å². The molecule has 0 aliphatic rings. The van der Waals surface area contributed by atoms with Gasteiger partial charge < -0.3 is 4.74 Å². The molecule has 2 nitrogen and oxygen atoms in total. The summed E-state index contributed by atoms with van der Waals surface area (Å²) in [5, 5.41) is 0. The monoisotopic (exact) mass is 332 g/mol. The van der Waals surface area contributed by atoms with Crippen LogP contribution in [-0.2, 0) is 9.53 Å². The molecule has 130 valence electrons. The number of unbranched alkanes of at least 4 members (excludes halogenated alkanes) is 8. The summed E-state index contributed by atoms with van der Waals surface area (Å²) in [6, 6.07) is 0. The molecule has 3 heteroatoms. The second-order valence-electron chi connectivity index (χ2n) is 5.79. The van der Waals surface area contributed by atoms with Gasteiger partial charge in [0.2, 0.25) is 0 Å². The number of ether oxygens (including phenoxy) is 1. The Morgan fingerprint density at radius 2 is 1.35 bits per heavy atom. The first-order valence-corrected chi connectivity index (χ1v) is 9.26. The van der Waals surface area contributed by atoms with Crippen LogP contribution in [0.2, 0.25) is 0 Å². The molecule has 23 heavy (non-hydrogen) atoms. The third kappa shape index (κ3) is 21.9. The summed E-state index contributed by atoms with van der Waals surface area (Å²) < 4.78 is 4.91. The zero-order valence-corrected chi connectivity index (χ0v) is 14.8. The van der Waals surface area contributed by atoms with Gasteiger partial charge in [0, 0.05) is 6.42 Å². The molecule has 0 saturated carbocycles. The Bertz CT molecular complexity index is 298. The number of carbonyl (C=O) groups excluding carboxylic acids is 1. The fraction of sp³-hybridized carbons (Fsp3) is 0.750. The minimum atomic E-state index is -0.0480. The Labute approximate surface area is 166 Å². The first-order valence-electron chi connectivity index (χ1n) is 9.26. The molecule has 0 heterocycles. The van der Waals surface area contributed by atoms with Gasteiger partial charge in [-0.25, -0.2) is 0 Å². The molecule has 0 aliphatic heterocycles. The second kappa shape index (κ2) is 21.9. The molecule has 0 aromatic heterocycles. The summed E-state index contributed by atoms with van der Waals surface area (Å²) in [6.07, 6.45) is 23.1. The van der Waals surface area contributed by atoms with Crippen molar-refractivity contribution in [1.82, 2.24) is 0 Å². The van der Waals surface area contributed by atoms with Crippen LogP contribution in [0, 0.1) is 0 Å². The van der Waals surface area contributed by atoms with Gasteiger partial charge in [-0.3, -0.25) is 4.79 Å². The summed E-state index contributed by atoms with van der Waals surface area (Å²) >= 11 is 0. The average Bonchev–Trinajstić information content (AvgIpc) is 2.51. The number of hydrogen-bond acceptors (Lipinski definition) is 2. The van der Waals surface area contributed by atoms with Crippen LogP contribution in [0.5, 0.6) is 0 Å². The van der Waals surface area contributed by atoms with Crippen molar-refractivity contribution < 1.29 is 9.53 Å². The quantitative estimate of drug-likeness (QED) is 0.166. The SMILES string of the molecule is CCCCC/C=C\C/C=C\CCCCCCCC(=O)OCC.[NaH]. The molecule has 0 rings (SSSR count). The molecule has 0 aromatic rings. The van der Waals surface area contributed by atoms with E-state index in [-0.39, 0.29) is 35.5 Å². The van der Waals surface area contributed by atoms with Crippen molar-refractivity contribution in [3.8, 4) is 0 Å². The van der Waals surface area contributed by atoms with E-state index in [0.29, 0.717) is 13.0 Å². The molecule has 0 atom stereocenters. The van der Waals surface area contributed by atoms with E-state index in [1.165, 1.54) is 51.4 Å². The van der Waals surface area contributed by atoms with Crippen LogP contribution in [-0.4, -0.2) is 42.1 Å². The van der Waals surface area contributed by atoms with Crippen LogP contribution in [0.4, 0.5) is 0 Å². The Morgan fingerprint density at radius 1 is 0.783 bits per heavy atom.